The Morgan fingerprint density at radius 2 is 1.59 bits per heavy atom. The molecule has 1 aromatic rings. The zero-order valence-electron chi connectivity index (χ0n) is 11.0. The molecule has 0 amide bonds. The molecule has 0 fully saturated rings. The number of carbonyl (C=O) groups is 1. The summed E-state index contributed by atoms with van der Waals surface area (Å²) >= 11 is 0. The van der Waals surface area contributed by atoms with Crippen LogP contribution in [0.4, 0.5) is 0 Å². The van der Waals surface area contributed by atoms with Gasteiger partial charge in [0.15, 0.2) is 0 Å². The standard InChI is InChI=1S/C15H20O2/c1-10(2)13-6-8-14(9-7-13)12(5)17-15(16)11(3)4/h6-10,12H,3H2,1-2,4-5H3. The summed E-state index contributed by atoms with van der Waals surface area (Å²) in [6.07, 6.45) is -0.236. The topological polar surface area (TPSA) is 26.3 Å². The Labute approximate surface area is 103 Å². The number of esters is 1. The van der Waals surface area contributed by atoms with E-state index in [1.807, 2.05) is 19.1 Å². The maximum atomic E-state index is 11.4. The molecule has 0 saturated heterocycles. The van der Waals surface area contributed by atoms with Crippen LogP contribution in [0.5, 0.6) is 0 Å². The van der Waals surface area contributed by atoms with Gasteiger partial charge in [-0.2, -0.15) is 0 Å². The van der Waals surface area contributed by atoms with E-state index >= 15 is 0 Å². The van der Waals surface area contributed by atoms with Gasteiger partial charge in [0.25, 0.3) is 0 Å². The van der Waals surface area contributed by atoms with Crippen molar-refractivity contribution in [2.45, 2.75) is 39.7 Å². The van der Waals surface area contributed by atoms with Gasteiger partial charge in [-0.15, -0.1) is 0 Å². The third-order valence-electron chi connectivity index (χ3n) is 2.70. The van der Waals surface area contributed by atoms with Crippen molar-refractivity contribution >= 4 is 5.97 Å². The van der Waals surface area contributed by atoms with E-state index in [1.54, 1.807) is 6.92 Å². The zero-order valence-corrected chi connectivity index (χ0v) is 11.0. The molecule has 1 aromatic carbocycles. The zero-order chi connectivity index (χ0) is 13.0. The lowest BCUT2D eigenvalue weighted by atomic mass is 10.0. The van der Waals surface area contributed by atoms with Crippen molar-refractivity contribution in [3.05, 3.63) is 47.5 Å². The molecule has 1 unspecified atom stereocenters. The number of benzene rings is 1. The van der Waals surface area contributed by atoms with Gasteiger partial charge in [0.05, 0.1) is 0 Å². The monoisotopic (exact) mass is 232 g/mol. The summed E-state index contributed by atoms with van der Waals surface area (Å²) in [5.74, 6) is 0.169. The van der Waals surface area contributed by atoms with E-state index in [0.29, 0.717) is 11.5 Å². The minimum atomic E-state index is -0.342. The molecule has 1 rings (SSSR count). The van der Waals surface area contributed by atoms with E-state index in [4.69, 9.17) is 4.74 Å². The Balaban J connectivity index is 2.73. The van der Waals surface area contributed by atoms with Crippen LogP contribution in [0.1, 0.15) is 50.8 Å². The Kier molecular flexibility index (Phi) is 4.50. The van der Waals surface area contributed by atoms with Crippen molar-refractivity contribution in [1.82, 2.24) is 0 Å². The summed E-state index contributed by atoms with van der Waals surface area (Å²) in [4.78, 5) is 11.4. The summed E-state index contributed by atoms with van der Waals surface area (Å²) in [6, 6.07) is 8.16. The molecule has 2 heteroatoms. The summed E-state index contributed by atoms with van der Waals surface area (Å²) in [5, 5.41) is 0. The van der Waals surface area contributed by atoms with Crippen LogP contribution < -0.4 is 0 Å². The molecule has 2 nitrogen and oxygen atoms in total. The molecule has 0 aliphatic heterocycles. The van der Waals surface area contributed by atoms with E-state index in [-0.39, 0.29) is 12.1 Å². The highest BCUT2D eigenvalue weighted by Gasteiger charge is 2.12. The average molecular weight is 232 g/mol. The Bertz CT molecular complexity index is 401. The largest absolute Gasteiger partial charge is 0.454 e. The Morgan fingerprint density at radius 1 is 1.12 bits per heavy atom. The van der Waals surface area contributed by atoms with Crippen LogP contribution in [0.2, 0.25) is 0 Å². The average Bonchev–Trinajstić information content (AvgIpc) is 2.28. The molecular weight excluding hydrogens is 212 g/mol. The lowest BCUT2D eigenvalue weighted by Crippen LogP contribution is -2.09. The minimum Gasteiger partial charge on any atom is -0.454 e. The molecule has 0 heterocycles. The van der Waals surface area contributed by atoms with Crippen LogP contribution in [0, 0.1) is 0 Å². The van der Waals surface area contributed by atoms with Gasteiger partial charge in [-0.3, -0.25) is 0 Å². The lowest BCUT2D eigenvalue weighted by molar-refractivity contribution is -0.143. The first-order valence-electron chi connectivity index (χ1n) is 5.88. The summed E-state index contributed by atoms with van der Waals surface area (Å²) < 4.78 is 5.26. The maximum absolute atomic E-state index is 11.4. The van der Waals surface area contributed by atoms with Crippen LogP contribution in [-0.4, -0.2) is 5.97 Å². The SMILES string of the molecule is C=C(C)C(=O)OC(C)c1ccc(C(C)C)cc1. The van der Waals surface area contributed by atoms with Crippen molar-refractivity contribution in [2.24, 2.45) is 0 Å². The highest BCUT2D eigenvalue weighted by Crippen LogP contribution is 2.21. The predicted molar refractivity (Wildman–Crippen MR) is 69.9 cm³/mol. The predicted octanol–water partition coefficient (Wildman–Crippen LogP) is 3.99. The fraction of sp³-hybridized carbons (Fsp3) is 0.400. The van der Waals surface area contributed by atoms with Gasteiger partial charge in [0, 0.05) is 5.57 Å². The van der Waals surface area contributed by atoms with Crippen molar-refractivity contribution in [3.63, 3.8) is 0 Å². The van der Waals surface area contributed by atoms with Crippen molar-refractivity contribution in [2.75, 3.05) is 0 Å². The molecular formula is C15H20O2. The van der Waals surface area contributed by atoms with Crippen LogP contribution in [-0.2, 0) is 9.53 Å². The highest BCUT2D eigenvalue weighted by atomic mass is 16.5. The van der Waals surface area contributed by atoms with Gasteiger partial charge < -0.3 is 4.74 Å². The molecule has 0 spiro atoms. The maximum Gasteiger partial charge on any atom is 0.333 e. The molecule has 0 saturated carbocycles. The first-order valence-corrected chi connectivity index (χ1v) is 5.88. The molecule has 0 bridgehead atoms. The molecule has 0 N–H and O–H groups in total. The second-order valence-corrected chi connectivity index (χ2v) is 4.65. The van der Waals surface area contributed by atoms with E-state index in [0.717, 1.165) is 5.56 Å². The number of ether oxygens (including phenoxy) is 1. The van der Waals surface area contributed by atoms with E-state index in [1.165, 1.54) is 5.56 Å². The number of hydrogen-bond donors (Lipinski definition) is 0. The van der Waals surface area contributed by atoms with Crippen LogP contribution in [0.25, 0.3) is 0 Å². The summed E-state index contributed by atoms with van der Waals surface area (Å²) in [7, 11) is 0. The van der Waals surface area contributed by atoms with Crippen molar-refractivity contribution in [3.8, 4) is 0 Å². The lowest BCUT2D eigenvalue weighted by Gasteiger charge is -2.14. The molecule has 0 radical (unpaired) electrons. The molecule has 0 aliphatic rings. The quantitative estimate of drug-likeness (QED) is 0.579. The first kappa shape index (κ1) is 13.5. The molecule has 17 heavy (non-hydrogen) atoms. The first-order chi connectivity index (χ1) is 7.91. The Hall–Kier alpha value is -1.57. The highest BCUT2D eigenvalue weighted by molar-refractivity contribution is 5.87. The third kappa shape index (κ3) is 3.74. The number of carbonyl (C=O) groups excluding carboxylic acids is 1. The van der Waals surface area contributed by atoms with Crippen LogP contribution >= 0.6 is 0 Å². The second-order valence-electron chi connectivity index (χ2n) is 4.65. The molecule has 0 aliphatic carbocycles. The molecule has 92 valence electrons. The third-order valence-corrected chi connectivity index (χ3v) is 2.70. The van der Waals surface area contributed by atoms with Gasteiger partial charge >= 0.3 is 5.97 Å². The van der Waals surface area contributed by atoms with Gasteiger partial charge in [-0.25, -0.2) is 4.79 Å². The minimum absolute atomic E-state index is 0.236. The second kappa shape index (κ2) is 5.67. The van der Waals surface area contributed by atoms with Crippen molar-refractivity contribution in [1.29, 1.82) is 0 Å². The van der Waals surface area contributed by atoms with Gasteiger partial charge in [0.1, 0.15) is 6.10 Å². The van der Waals surface area contributed by atoms with Crippen LogP contribution in [0.3, 0.4) is 0 Å². The van der Waals surface area contributed by atoms with Crippen LogP contribution in [0.15, 0.2) is 36.4 Å². The smallest absolute Gasteiger partial charge is 0.333 e. The van der Waals surface area contributed by atoms with Gasteiger partial charge in [0.2, 0.25) is 0 Å². The van der Waals surface area contributed by atoms with E-state index in [9.17, 15) is 4.79 Å². The van der Waals surface area contributed by atoms with Gasteiger partial charge in [-0.05, 0) is 30.9 Å². The summed E-state index contributed by atoms with van der Waals surface area (Å²) in [6.45, 7) is 11.4. The van der Waals surface area contributed by atoms with E-state index in [2.05, 4.69) is 32.6 Å². The fourth-order valence-corrected chi connectivity index (χ4v) is 1.48. The summed E-state index contributed by atoms with van der Waals surface area (Å²) in [5.41, 5.74) is 2.71. The molecule has 0 aromatic heterocycles. The van der Waals surface area contributed by atoms with Gasteiger partial charge in [-0.1, -0.05) is 44.7 Å². The van der Waals surface area contributed by atoms with Crippen molar-refractivity contribution < 1.29 is 9.53 Å². The number of hydrogen-bond acceptors (Lipinski definition) is 2. The Morgan fingerprint density at radius 3 is 2.00 bits per heavy atom. The fourth-order valence-electron chi connectivity index (χ4n) is 1.48. The molecule has 1 atom stereocenters. The van der Waals surface area contributed by atoms with E-state index < -0.39 is 0 Å². The number of rotatable bonds is 4. The normalized spacial score (nSPS) is 12.3.